The number of ether oxygens (including phenoxy) is 1. The number of halogens is 3. The summed E-state index contributed by atoms with van der Waals surface area (Å²) >= 11 is 2.91. The Morgan fingerprint density at radius 1 is 1.28 bits per heavy atom. The number of nitrogens with zero attached hydrogens (tertiary/aromatic N) is 2. The number of hydrogen-bond acceptors (Lipinski definition) is 5. The van der Waals surface area contributed by atoms with E-state index >= 15 is 0 Å². The zero-order valence-corrected chi connectivity index (χ0v) is 15.1. The Kier molecular flexibility index (Phi) is 5.06. The average Bonchev–Trinajstić information content (AvgIpc) is 2.95. The Morgan fingerprint density at radius 3 is 2.56 bits per heavy atom. The van der Waals surface area contributed by atoms with Gasteiger partial charge in [-0.25, -0.2) is 4.98 Å². The van der Waals surface area contributed by atoms with Gasteiger partial charge < -0.3 is 4.74 Å². The molecule has 4 nitrogen and oxygen atoms in total. The third kappa shape index (κ3) is 4.14. The first kappa shape index (κ1) is 18.2. The molecule has 0 atom stereocenters. The van der Waals surface area contributed by atoms with Gasteiger partial charge in [0.25, 0.3) is 5.56 Å². The van der Waals surface area contributed by atoms with Crippen LogP contribution in [0.1, 0.15) is 19.5 Å². The summed E-state index contributed by atoms with van der Waals surface area (Å²) in [7, 11) is 0. The number of alkyl halides is 3. The quantitative estimate of drug-likeness (QED) is 0.578. The third-order valence-electron chi connectivity index (χ3n) is 3.34. The van der Waals surface area contributed by atoms with Crippen molar-refractivity contribution < 1.29 is 17.9 Å². The van der Waals surface area contributed by atoms with Crippen LogP contribution in [0.2, 0.25) is 0 Å². The smallest absolute Gasteiger partial charge is 0.406 e. The van der Waals surface area contributed by atoms with Crippen LogP contribution in [0.25, 0.3) is 5.69 Å². The Hall–Kier alpha value is -1.61. The predicted molar refractivity (Wildman–Crippen MR) is 91.9 cm³/mol. The molecule has 0 saturated carbocycles. The maximum atomic E-state index is 12.9. The Balaban J connectivity index is 2.05. The molecule has 25 heavy (non-hydrogen) atoms. The molecule has 0 aliphatic carbocycles. The van der Waals surface area contributed by atoms with E-state index in [1.165, 1.54) is 52.4 Å². The summed E-state index contributed by atoms with van der Waals surface area (Å²) in [6, 6.07) is 5.25. The van der Waals surface area contributed by atoms with Crippen molar-refractivity contribution >= 4 is 23.5 Å². The van der Waals surface area contributed by atoms with Crippen LogP contribution in [0.15, 0.2) is 39.1 Å². The van der Waals surface area contributed by atoms with Crippen LogP contribution in [0.3, 0.4) is 0 Å². The molecule has 1 aliphatic rings. The van der Waals surface area contributed by atoms with Crippen LogP contribution in [0, 0.1) is 0 Å². The Morgan fingerprint density at radius 2 is 1.96 bits per heavy atom. The van der Waals surface area contributed by atoms with E-state index in [4.69, 9.17) is 0 Å². The maximum absolute atomic E-state index is 12.9. The van der Waals surface area contributed by atoms with Crippen molar-refractivity contribution in [2.75, 3.05) is 5.75 Å². The second-order valence-corrected chi connectivity index (χ2v) is 8.27. The maximum Gasteiger partial charge on any atom is 0.573 e. The van der Waals surface area contributed by atoms with Crippen molar-refractivity contribution in [2.45, 2.75) is 41.9 Å². The average molecular weight is 388 g/mol. The fourth-order valence-corrected chi connectivity index (χ4v) is 4.31. The molecule has 1 aromatic carbocycles. The highest BCUT2D eigenvalue weighted by atomic mass is 32.2. The van der Waals surface area contributed by atoms with Crippen molar-refractivity contribution in [1.29, 1.82) is 0 Å². The summed E-state index contributed by atoms with van der Waals surface area (Å²) < 4.78 is 42.2. The van der Waals surface area contributed by atoms with E-state index in [2.05, 4.69) is 9.72 Å². The highest BCUT2D eigenvalue weighted by Gasteiger charge is 2.31. The fourth-order valence-electron chi connectivity index (χ4n) is 2.41. The van der Waals surface area contributed by atoms with Gasteiger partial charge in [0.05, 0.1) is 16.3 Å². The number of aromatic nitrogens is 2. The van der Waals surface area contributed by atoms with Gasteiger partial charge >= 0.3 is 6.36 Å². The lowest BCUT2D eigenvalue weighted by Gasteiger charge is -2.15. The van der Waals surface area contributed by atoms with Crippen molar-refractivity contribution in [3.63, 3.8) is 0 Å². The van der Waals surface area contributed by atoms with Crippen LogP contribution in [0.5, 0.6) is 5.75 Å². The number of hydrogen-bond donors (Lipinski definition) is 0. The lowest BCUT2D eigenvalue weighted by atomic mass is 10.3. The molecular weight excluding hydrogens is 373 g/mol. The molecule has 1 aromatic heterocycles. The van der Waals surface area contributed by atoms with Crippen LogP contribution < -0.4 is 10.3 Å². The van der Waals surface area contributed by atoms with E-state index in [1.807, 2.05) is 13.8 Å². The van der Waals surface area contributed by atoms with E-state index in [9.17, 15) is 18.0 Å². The number of benzene rings is 1. The second kappa shape index (κ2) is 6.95. The normalized spacial score (nSPS) is 14.0. The Bertz CT molecular complexity index is 833. The summed E-state index contributed by atoms with van der Waals surface area (Å²) in [5.74, 6) is 0.483. The third-order valence-corrected chi connectivity index (χ3v) is 5.40. The zero-order valence-electron chi connectivity index (χ0n) is 13.5. The molecule has 0 N–H and O–H groups in total. The van der Waals surface area contributed by atoms with Gasteiger partial charge in [-0.15, -0.1) is 24.9 Å². The van der Waals surface area contributed by atoms with Crippen molar-refractivity contribution in [3.05, 3.63) is 40.3 Å². The summed E-state index contributed by atoms with van der Waals surface area (Å²) in [5, 5.41) is 0.754. The summed E-state index contributed by atoms with van der Waals surface area (Å²) in [6.45, 7) is 3.98. The first-order valence-corrected chi connectivity index (χ1v) is 9.42. The number of fused-ring (bicyclic) bond motifs is 1. The minimum atomic E-state index is -4.75. The molecule has 0 unspecified atom stereocenters. The van der Waals surface area contributed by atoms with Crippen LogP contribution in [-0.2, 0) is 6.42 Å². The van der Waals surface area contributed by atoms with Gasteiger partial charge in [-0.3, -0.25) is 9.36 Å². The molecule has 0 amide bonds. The van der Waals surface area contributed by atoms with Crippen molar-refractivity contribution in [3.8, 4) is 11.4 Å². The van der Waals surface area contributed by atoms with Gasteiger partial charge in [0, 0.05) is 17.4 Å². The molecule has 0 fully saturated rings. The van der Waals surface area contributed by atoms with Gasteiger partial charge in [0.15, 0.2) is 5.16 Å². The monoisotopic (exact) mass is 388 g/mol. The molecule has 0 bridgehead atoms. The fraction of sp³-hybridized carbons (Fsp3) is 0.375. The van der Waals surface area contributed by atoms with Gasteiger partial charge in [-0.2, -0.15) is 0 Å². The highest BCUT2D eigenvalue weighted by molar-refractivity contribution is 8.00. The molecular formula is C16H15F3N2O2S2. The zero-order chi connectivity index (χ0) is 18.2. The number of rotatable bonds is 4. The van der Waals surface area contributed by atoms with Gasteiger partial charge in [0.1, 0.15) is 5.75 Å². The van der Waals surface area contributed by atoms with E-state index in [-0.39, 0.29) is 16.6 Å². The molecule has 2 aromatic rings. The van der Waals surface area contributed by atoms with Crippen molar-refractivity contribution in [2.24, 2.45) is 0 Å². The lowest BCUT2D eigenvalue weighted by molar-refractivity contribution is -0.274. The first-order chi connectivity index (χ1) is 11.7. The molecule has 0 radical (unpaired) electrons. The molecule has 134 valence electrons. The Labute approximate surface area is 150 Å². The van der Waals surface area contributed by atoms with Crippen LogP contribution >= 0.6 is 23.5 Å². The molecule has 0 saturated heterocycles. The SMILES string of the molecule is CC(C)Sc1nc2c(c(=O)n1-c1ccc(OC(F)(F)F)cc1)SCC2. The summed E-state index contributed by atoms with van der Waals surface area (Å²) in [6.07, 6.45) is -4.00. The number of aryl methyl sites for hydroxylation is 1. The minimum absolute atomic E-state index is 0.180. The lowest BCUT2D eigenvalue weighted by Crippen LogP contribution is -2.24. The molecule has 1 aliphatic heterocycles. The summed E-state index contributed by atoms with van der Waals surface area (Å²) in [4.78, 5) is 18.1. The largest absolute Gasteiger partial charge is 0.573 e. The van der Waals surface area contributed by atoms with Crippen LogP contribution in [-0.4, -0.2) is 26.9 Å². The van der Waals surface area contributed by atoms with E-state index in [0.717, 1.165) is 17.9 Å². The predicted octanol–water partition coefficient (Wildman–Crippen LogP) is 4.28. The standard InChI is InChI=1S/C16H15F3N2O2S2/c1-9(2)25-15-20-12-7-8-24-13(12)14(22)21(15)10-3-5-11(6-4-10)23-16(17,18)19/h3-6,9H,7-8H2,1-2H3. The first-order valence-electron chi connectivity index (χ1n) is 7.56. The van der Waals surface area contributed by atoms with Gasteiger partial charge in [-0.05, 0) is 24.3 Å². The van der Waals surface area contributed by atoms with Crippen molar-refractivity contribution in [1.82, 2.24) is 9.55 Å². The van der Waals surface area contributed by atoms with Gasteiger partial charge in [-0.1, -0.05) is 25.6 Å². The van der Waals surface area contributed by atoms with E-state index in [1.54, 1.807) is 0 Å². The van der Waals surface area contributed by atoms with E-state index in [0.29, 0.717) is 15.7 Å². The molecule has 0 spiro atoms. The topological polar surface area (TPSA) is 44.1 Å². The molecule has 3 rings (SSSR count). The second-order valence-electron chi connectivity index (χ2n) is 5.62. The minimum Gasteiger partial charge on any atom is -0.406 e. The van der Waals surface area contributed by atoms with E-state index < -0.39 is 6.36 Å². The molecule has 2 heterocycles. The van der Waals surface area contributed by atoms with Crippen LogP contribution in [0.4, 0.5) is 13.2 Å². The summed E-state index contributed by atoms with van der Waals surface area (Å²) in [5.41, 5.74) is 1.08. The molecule has 9 heteroatoms. The van der Waals surface area contributed by atoms with Gasteiger partial charge in [0.2, 0.25) is 0 Å². The highest BCUT2D eigenvalue weighted by Crippen LogP contribution is 2.31. The number of thioether (sulfide) groups is 2.